The predicted molar refractivity (Wildman–Crippen MR) is 91.6 cm³/mol. The van der Waals surface area contributed by atoms with Gasteiger partial charge in [0.25, 0.3) is 0 Å². The number of likely N-dealkylation sites (tertiary alicyclic amines) is 1. The molecule has 2 aromatic rings. The van der Waals surface area contributed by atoms with Crippen LogP contribution in [-0.4, -0.2) is 30.7 Å². The summed E-state index contributed by atoms with van der Waals surface area (Å²) in [7, 11) is 0. The van der Waals surface area contributed by atoms with Gasteiger partial charge in [0.2, 0.25) is 0 Å². The molecule has 2 heterocycles. The number of hydrogen-bond acceptors (Lipinski definition) is 3. The smallest absolute Gasteiger partial charge is 0.322 e. The van der Waals surface area contributed by atoms with Gasteiger partial charge in [0, 0.05) is 12.2 Å². The van der Waals surface area contributed by atoms with E-state index in [0.717, 1.165) is 42.1 Å². The fourth-order valence-corrected chi connectivity index (χ4v) is 3.34. The molecule has 0 aromatic heterocycles. The second-order valence-corrected chi connectivity index (χ2v) is 6.05. The molecule has 0 radical (unpaired) electrons. The van der Waals surface area contributed by atoms with Crippen molar-refractivity contribution in [1.29, 1.82) is 0 Å². The number of carbonyl (C=O) groups excluding carboxylic acids is 1. The van der Waals surface area contributed by atoms with Crippen molar-refractivity contribution in [3.8, 4) is 11.5 Å². The molecule has 0 spiro atoms. The topological polar surface area (TPSA) is 50.8 Å². The van der Waals surface area contributed by atoms with Crippen LogP contribution >= 0.6 is 0 Å². The van der Waals surface area contributed by atoms with E-state index < -0.39 is 0 Å². The number of urea groups is 1. The first-order chi connectivity index (χ1) is 11.8. The maximum absolute atomic E-state index is 12.6. The number of hydrogen-bond donors (Lipinski definition) is 1. The third-order valence-corrected chi connectivity index (χ3v) is 4.49. The molecular formula is C19H20N2O3. The zero-order valence-electron chi connectivity index (χ0n) is 13.4. The minimum absolute atomic E-state index is 0.0569. The number of para-hydroxylation sites is 1. The number of benzene rings is 2. The molecule has 0 unspecified atom stereocenters. The van der Waals surface area contributed by atoms with Gasteiger partial charge in [-0.3, -0.25) is 0 Å². The number of nitrogens with zero attached hydrogens (tertiary/aromatic N) is 1. The Kier molecular flexibility index (Phi) is 3.99. The van der Waals surface area contributed by atoms with Crippen LogP contribution in [0.3, 0.4) is 0 Å². The fourth-order valence-electron chi connectivity index (χ4n) is 3.34. The van der Waals surface area contributed by atoms with Crippen molar-refractivity contribution in [3.63, 3.8) is 0 Å². The molecule has 1 saturated heterocycles. The Bertz CT molecular complexity index is 733. The van der Waals surface area contributed by atoms with Crippen molar-refractivity contribution in [2.75, 3.05) is 25.1 Å². The Labute approximate surface area is 141 Å². The third kappa shape index (κ3) is 2.89. The highest BCUT2D eigenvalue weighted by Gasteiger charge is 2.31. The van der Waals surface area contributed by atoms with Crippen LogP contribution in [0.15, 0.2) is 48.5 Å². The lowest BCUT2D eigenvalue weighted by Crippen LogP contribution is -2.34. The van der Waals surface area contributed by atoms with E-state index in [-0.39, 0.29) is 12.1 Å². The van der Waals surface area contributed by atoms with Crippen LogP contribution in [0.4, 0.5) is 10.5 Å². The Morgan fingerprint density at radius 3 is 2.67 bits per heavy atom. The van der Waals surface area contributed by atoms with Crippen LogP contribution in [-0.2, 0) is 0 Å². The highest BCUT2D eigenvalue weighted by molar-refractivity contribution is 5.89. The lowest BCUT2D eigenvalue weighted by atomic mass is 10.0. The molecule has 2 aliphatic heterocycles. The third-order valence-electron chi connectivity index (χ3n) is 4.49. The van der Waals surface area contributed by atoms with Crippen molar-refractivity contribution < 1.29 is 14.3 Å². The van der Waals surface area contributed by atoms with Gasteiger partial charge in [-0.15, -0.1) is 0 Å². The summed E-state index contributed by atoms with van der Waals surface area (Å²) in [5.41, 5.74) is 1.91. The second-order valence-electron chi connectivity index (χ2n) is 6.05. The fraction of sp³-hybridized carbons (Fsp3) is 0.316. The Morgan fingerprint density at radius 2 is 1.83 bits per heavy atom. The molecule has 2 aromatic carbocycles. The normalized spacial score (nSPS) is 19.2. The number of nitrogens with one attached hydrogen (secondary N) is 1. The lowest BCUT2D eigenvalue weighted by Gasteiger charge is -2.27. The largest absolute Gasteiger partial charge is 0.486 e. The number of ether oxygens (including phenoxy) is 2. The van der Waals surface area contributed by atoms with Crippen molar-refractivity contribution in [2.24, 2.45) is 0 Å². The van der Waals surface area contributed by atoms with E-state index >= 15 is 0 Å². The minimum Gasteiger partial charge on any atom is -0.486 e. The SMILES string of the molecule is O=C(Nc1ccccc1)N1CCC[C@H]1c1ccc2c(c1)OCCO2. The molecule has 4 rings (SSSR count). The number of anilines is 1. The zero-order valence-corrected chi connectivity index (χ0v) is 13.4. The van der Waals surface area contributed by atoms with Crippen LogP contribution in [0.5, 0.6) is 11.5 Å². The molecule has 1 fully saturated rings. The number of amides is 2. The Hall–Kier alpha value is -2.69. The van der Waals surface area contributed by atoms with Gasteiger partial charge in [-0.2, -0.15) is 0 Å². The maximum atomic E-state index is 12.6. The van der Waals surface area contributed by atoms with E-state index in [1.165, 1.54) is 0 Å². The number of carbonyl (C=O) groups is 1. The van der Waals surface area contributed by atoms with Crippen LogP contribution in [0.25, 0.3) is 0 Å². The first-order valence-electron chi connectivity index (χ1n) is 8.33. The molecular weight excluding hydrogens is 304 g/mol. The van der Waals surface area contributed by atoms with Gasteiger partial charge in [0.1, 0.15) is 13.2 Å². The van der Waals surface area contributed by atoms with Crippen molar-refractivity contribution >= 4 is 11.7 Å². The molecule has 0 saturated carbocycles. The van der Waals surface area contributed by atoms with Crippen molar-refractivity contribution in [3.05, 3.63) is 54.1 Å². The lowest BCUT2D eigenvalue weighted by molar-refractivity contribution is 0.170. The number of fused-ring (bicyclic) bond motifs is 1. The van der Waals surface area contributed by atoms with E-state index in [4.69, 9.17) is 9.47 Å². The average Bonchev–Trinajstić information content (AvgIpc) is 3.12. The van der Waals surface area contributed by atoms with E-state index in [2.05, 4.69) is 5.32 Å². The van der Waals surface area contributed by atoms with E-state index in [9.17, 15) is 4.79 Å². The van der Waals surface area contributed by atoms with Gasteiger partial charge in [0.15, 0.2) is 11.5 Å². The van der Waals surface area contributed by atoms with Crippen LogP contribution < -0.4 is 14.8 Å². The van der Waals surface area contributed by atoms with Gasteiger partial charge in [-0.05, 0) is 42.7 Å². The quantitative estimate of drug-likeness (QED) is 0.913. The summed E-state index contributed by atoms with van der Waals surface area (Å²) in [6, 6.07) is 15.6. The molecule has 1 atom stereocenters. The molecule has 0 bridgehead atoms. The standard InChI is InChI=1S/C19H20N2O3/c22-19(20-15-5-2-1-3-6-15)21-10-4-7-16(21)14-8-9-17-18(13-14)24-12-11-23-17/h1-3,5-6,8-9,13,16H,4,7,10-12H2,(H,20,22)/t16-/m0/s1. The summed E-state index contributed by atoms with van der Waals surface area (Å²) >= 11 is 0. The van der Waals surface area contributed by atoms with Crippen molar-refractivity contribution in [1.82, 2.24) is 4.90 Å². The summed E-state index contributed by atoms with van der Waals surface area (Å²) in [6.45, 7) is 1.92. The van der Waals surface area contributed by atoms with Crippen LogP contribution in [0.1, 0.15) is 24.4 Å². The molecule has 0 aliphatic carbocycles. The maximum Gasteiger partial charge on any atom is 0.322 e. The summed E-state index contributed by atoms with van der Waals surface area (Å²) in [5, 5.41) is 2.98. The second kappa shape index (κ2) is 6.43. The Morgan fingerprint density at radius 1 is 1.04 bits per heavy atom. The molecule has 24 heavy (non-hydrogen) atoms. The predicted octanol–water partition coefficient (Wildman–Crippen LogP) is 3.83. The molecule has 2 amide bonds. The van der Waals surface area contributed by atoms with Gasteiger partial charge >= 0.3 is 6.03 Å². The summed E-state index contributed by atoms with van der Waals surface area (Å²) < 4.78 is 11.2. The van der Waals surface area contributed by atoms with Crippen LogP contribution in [0.2, 0.25) is 0 Å². The van der Waals surface area contributed by atoms with Crippen LogP contribution in [0, 0.1) is 0 Å². The molecule has 5 heteroatoms. The zero-order chi connectivity index (χ0) is 16.4. The molecule has 124 valence electrons. The van der Waals surface area contributed by atoms with Gasteiger partial charge < -0.3 is 19.7 Å². The summed E-state index contributed by atoms with van der Waals surface area (Å²) in [4.78, 5) is 14.5. The highest BCUT2D eigenvalue weighted by atomic mass is 16.6. The average molecular weight is 324 g/mol. The highest BCUT2D eigenvalue weighted by Crippen LogP contribution is 2.38. The first-order valence-corrected chi connectivity index (χ1v) is 8.33. The van der Waals surface area contributed by atoms with E-state index in [0.29, 0.717) is 13.2 Å². The van der Waals surface area contributed by atoms with Gasteiger partial charge in [0.05, 0.1) is 6.04 Å². The molecule has 5 nitrogen and oxygen atoms in total. The first kappa shape index (κ1) is 14.9. The van der Waals surface area contributed by atoms with Crippen molar-refractivity contribution in [2.45, 2.75) is 18.9 Å². The summed E-state index contributed by atoms with van der Waals surface area (Å²) in [6.07, 6.45) is 1.96. The number of rotatable bonds is 2. The monoisotopic (exact) mass is 324 g/mol. The van der Waals surface area contributed by atoms with E-state index in [1.54, 1.807) is 0 Å². The van der Waals surface area contributed by atoms with Gasteiger partial charge in [-0.25, -0.2) is 4.79 Å². The molecule has 2 aliphatic rings. The Balaban J connectivity index is 1.53. The molecule has 1 N–H and O–H groups in total. The summed E-state index contributed by atoms with van der Waals surface area (Å²) in [5.74, 6) is 1.55. The van der Waals surface area contributed by atoms with Gasteiger partial charge in [-0.1, -0.05) is 24.3 Å². The van der Waals surface area contributed by atoms with E-state index in [1.807, 2.05) is 53.4 Å². The minimum atomic E-state index is -0.0569.